The average molecular weight is 372 g/mol. The first-order valence-electron chi connectivity index (χ1n) is 6.96. The van der Waals surface area contributed by atoms with E-state index in [0.29, 0.717) is 22.5 Å². The van der Waals surface area contributed by atoms with Gasteiger partial charge < -0.3 is 4.74 Å². The second-order valence-electron chi connectivity index (χ2n) is 4.92. The van der Waals surface area contributed by atoms with Crippen molar-refractivity contribution in [3.63, 3.8) is 0 Å². The number of methoxy groups -OCH3 is 1. The molecule has 23 heavy (non-hydrogen) atoms. The maximum atomic E-state index is 12.6. The van der Waals surface area contributed by atoms with Gasteiger partial charge in [0, 0.05) is 10.0 Å². The maximum absolute atomic E-state index is 12.6. The number of benzene rings is 2. The Labute approximate surface area is 141 Å². The van der Waals surface area contributed by atoms with E-state index >= 15 is 0 Å². The van der Waals surface area contributed by atoms with E-state index in [-0.39, 0.29) is 5.56 Å². The predicted molar refractivity (Wildman–Crippen MR) is 94.4 cm³/mol. The molecule has 0 aliphatic rings. The molecule has 1 aromatic heterocycles. The van der Waals surface area contributed by atoms with Gasteiger partial charge in [-0.2, -0.15) is 9.78 Å². The van der Waals surface area contributed by atoms with E-state index in [9.17, 15) is 4.79 Å². The first kappa shape index (κ1) is 15.4. The Hall–Kier alpha value is -2.47. The fraction of sp³-hybridized carbons (Fsp3) is 0.118. The number of aromatic nitrogens is 2. The molecule has 0 saturated heterocycles. The van der Waals surface area contributed by atoms with Crippen LogP contribution in [0.4, 0.5) is 0 Å². The number of rotatable bonds is 3. The van der Waals surface area contributed by atoms with Gasteiger partial charge in [0.05, 0.1) is 24.2 Å². The van der Waals surface area contributed by atoms with Crippen molar-refractivity contribution < 1.29 is 4.74 Å². The Balaban J connectivity index is 2.12. The summed E-state index contributed by atoms with van der Waals surface area (Å²) in [4.78, 5) is 17.0. The highest BCUT2D eigenvalue weighted by molar-refractivity contribution is 9.10. The lowest BCUT2D eigenvalue weighted by atomic mass is 10.2. The molecule has 0 spiro atoms. The van der Waals surface area contributed by atoms with Crippen molar-refractivity contribution in [3.8, 4) is 5.75 Å². The van der Waals surface area contributed by atoms with Gasteiger partial charge in [-0.1, -0.05) is 28.1 Å². The van der Waals surface area contributed by atoms with Crippen LogP contribution >= 0.6 is 15.9 Å². The first-order chi connectivity index (χ1) is 11.1. The summed E-state index contributed by atoms with van der Waals surface area (Å²) in [6.45, 7) is 1.75. The summed E-state index contributed by atoms with van der Waals surface area (Å²) in [5.41, 5.74) is 1.24. The summed E-state index contributed by atoms with van der Waals surface area (Å²) in [5, 5.41) is 4.83. The van der Waals surface area contributed by atoms with E-state index in [0.717, 1.165) is 10.0 Å². The van der Waals surface area contributed by atoms with E-state index in [1.165, 1.54) is 4.68 Å². The zero-order chi connectivity index (χ0) is 16.4. The topological polar surface area (TPSA) is 56.5 Å². The quantitative estimate of drug-likeness (QED) is 0.663. The standard InChI is InChI=1S/C17H14BrN3O2/c1-11-20-15-6-4-3-5-14(15)17(22)21(11)19-10-12-9-13(18)7-8-16(12)23-2/h3-10H,1-2H3/b19-10-. The summed E-state index contributed by atoms with van der Waals surface area (Å²) in [6, 6.07) is 12.8. The molecule has 0 radical (unpaired) electrons. The molecule has 1 heterocycles. The van der Waals surface area contributed by atoms with E-state index in [1.54, 1.807) is 26.3 Å². The minimum Gasteiger partial charge on any atom is -0.496 e. The predicted octanol–water partition coefficient (Wildman–Crippen LogP) is 3.36. The number of fused-ring (bicyclic) bond motifs is 1. The summed E-state index contributed by atoms with van der Waals surface area (Å²) < 4.78 is 7.50. The Morgan fingerprint density at radius 1 is 1.26 bits per heavy atom. The monoisotopic (exact) mass is 371 g/mol. The van der Waals surface area contributed by atoms with Crippen molar-refractivity contribution in [2.45, 2.75) is 6.92 Å². The van der Waals surface area contributed by atoms with Crippen LogP contribution in [0.15, 0.2) is 56.8 Å². The van der Waals surface area contributed by atoms with Crippen LogP contribution in [-0.2, 0) is 0 Å². The molecule has 0 saturated carbocycles. The molecule has 0 atom stereocenters. The van der Waals surface area contributed by atoms with Crippen LogP contribution in [0.25, 0.3) is 10.9 Å². The Morgan fingerprint density at radius 3 is 2.83 bits per heavy atom. The minimum atomic E-state index is -0.196. The number of aryl methyl sites for hydroxylation is 1. The second-order valence-corrected chi connectivity index (χ2v) is 5.84. The summed E-state index contributed by atoms with van der Waals surface area (Å²) in [6.07, 6.45) is 1.59. The molecular weight excluding hydrogens is 358 g/mol. The van der Waals surface area contributed by atoms with Crippen LogP contribution < -0.4 is 10.3 Å². The van der Waals surface area contributed by atoms with Crippen LogP contribution in [-0.4, -0.2) is 23.0 Å². The van der Waals surface area contributed by atoms with Gasteiger partial charge in [-0.25, -0.2) is 4.98 Å². The summed E-state index contributed by atoms with van der Waals surface area (Å²) in [5.74, 6) is 1.20. The fourth-order valence-corrected chi connectivity index (χ4v) is 2.68. The maximum Gasteiger partial charge on any atom is 0.282 e. The number of hydrogen-bond acceptors (Lipinski definition) is 4. The van der Waals surface area contributed by atoms with Gasteiger partial charge in [0.2, 0.25) is 0 Å². The van der Waals surface area contributed by atoms with Gasteiger partial charge in [-0.3, -0.25) is 4.79 Å². The third-order valence-electron chi connectivity index (χ3n) is 3.42. The normalized spacial score (nSPS) is 11.3. The van der Waals surface area contributed by atoms with Gasteiger partial charge in [-0.15, -0.1) is 0 Å². The van der Waals surface area contributed by atoms with E-state index < -0.39 is 0 Å². The summed E-state index contributed by atoms with van der Waals surface area (Å²) in [7, 11) is 1.59. The lowest BCUT2D eigenvalue weighted by Crippen LogP contribution is -2.20. The van der Waals surface area contributed by atoms with Crippen molar-refractivity contribution in [1.29, 1.82) is 0 Å². The van der Waals surface area contributed by atoms with Crippen molar-refractivity contribution in [3.05, 3.63) is 68.7 Å². The number of ether oxygens (including phenoxy) is 1. The van der Waals surface area contributed by atoms with Gasteiger partial charge in [0.1, 0.15) is 11.6 Å². The van der Waals surface area contributed by atoms with Gasteiger partial charge >= 0.3 is 0 Å². The third kappa shape index (κ3) is 3.03. The molecule has 2 aromatic carbocycles. The molecule has 3 aromatic rings. The van der Waals surface area contributed by atoms with Crippen molar-refractivity contribution >= 4 is 33.0 Å². The molecule has 0 aliphatic carbocycles. The van der Waals surface area contributed by atoms with Gasteiger partial charge in [0.25, 0.3) is 5.56 Å². The van der Waals surface area contributed by atoms with Crippen LogP contribution in [0.2, 0.25) is 0 Å². The lowest BCUT2D eigenvalue weighted by molar-refractivity contribution is 0.414. The van der Waals surface area contributed by atoms with Crippen LogP contribution in [0.3, 0.4) is 0 Å². The zero-order valence-corrected chi connectivity index (χ0v) is 14.2. The fourth-order valence-electron chi connectivity index (χ4n) is 2.30. The molecule has 116 valence electrons. The molecule has 6 heteroatoms. The largest absolute Gasteiger partial charge is 0.496 e. The number of halogens is 1. The molecule has 0 amide bonds. The van der Waals surface area contributed by atoms with Crippen molar-refractivity contribution in [1.82, 2.24) is 9.66 Å². The number of nitrogens with zero attached hydrogens (tertiary/aromatic N) is 3. The highest BCUT2D eigenvalue weighted by atomic mass is 79.9. The van der Waals surface area contributed by atoms with Crippen molar-refractivity contribution in [2.75, 3.05) is 7.11 Å². The average Bonchev–Trinajstić information content (AvgIpc) is 2.55. The Kier molecular flexibility index (Phi) is 4.25. The smallest absolute Gasteiger partial charge is 0.282 e. The molecule has 0 N–H and O–H groups in total. The first-order valence-corrected chi connectivity index (χ1v) is 7.76. The Bertz CT molecular complexity index is 964. The van der Waals surface area contributed by atoms with E-state index in [4.69, 9.17) is 4.74 Å². The molecule has 5 nitrogen and oxygen atoms in total. The minimum absolute atomic E-state index is 0.196. The SMILES string of the molecule is COc1ccc(Br)cc1/C=N\n1c(C)nc2ccccc2c1=O. The molecular formula is C17H14BrN3O2. The van der Waals surface area contributed by atoms with E-state index in [2.05, 4.69) is 26.0 Å². The highest BCUT2D eigenvalue weighted by Gasteiger charge is 2.07. The third-order valence-corrected chi connectivity index (χ3v) is 3.91. The molecule has 0 unspecified atom stereocenters. The van der Waals surface area contributed by atoms with Crippen molar-refractivity contribution in [2.24, 2.45) is 5.10 Å². The number of hydrogen-bond donors (Lipinski definition) is 0. The zero-order valence-electron chi connectivity index (χ0n) is 12.7. The summed E-state index contributed by atoms with van der Waals surface area (Å²) >= 11 is 3.42. The van der Waals surface area contributed by atoms with Crippen LogP contribution in [0.1, 0.15) is 11.4 Å². The highest BCUT2D eigenvalue weighted by Crippen LogP contribution is 2.21. The lowest BCUT2D eigenvalue weighted by Gasteiger charge is -2.07. The van der Waals surface area contributed by atoms with Crippen LogP contribution in [0, 0.1) is 6.92 Å². The van der Waals surface area contributed by atoms with Gasteiger partial charge in [-0.05, 0) is 37.3 Å². The Morgan fingerprint density at radius 2 is 2.04 bits per heavy atom. The molecule has 0 fully saturated rings. The second kappa shape index (κ2) is 6.34. The van der Waals surface area contributed by atoms with Gasteiger partial charge in [0.15, 0.2) is 0 Å². The molecule has 0 aliphatic heterocycles. The molecule has 3 rings (SSSR count). The molecule has 0 bridgehead atoms. The number of para-hydroxylation sites is 1. The van der Waals surface area contributed by atoms with E-state index in [1.807, 2.05) is 36.4 Å². The van der Waals surface area contributed by atoms with Crippen LogP contribution in [0.5, 0.6) is 5.75 Å².